The number of benzene rings is 2. The van der Waals surface area contributed by atoms with Gasteiger partial charge >= 0.3 is 0 Å². The molecule has 1 amide bonds. The van der Waals surface area contributed by atoms with E-state index >= 15 is 0 Å². The highest BCUT2D eigenvalue weighted by Gasteiger charge is 2.37. The topological polar surface area (TPSA) is 32.3 Å². The Morgan fingerprint density at radius 2 is 1.92 bits per heavy atom. The van der Waals surface area contributed by atoms with Gasteiger partial charge in [0.15, 0.2) is 0 Å². The predicted molar refractivity (Wildman–Crippen MR) is 96.2 cm³/mol. The first kappa shape index (κ1) is 15.4. The van der Waals surface area contributed by atoms with E-state index in [1.807, 2.05) is 12.1 Å². The summed E-state index contributed by atoms with van der Waals surface area (Å²) in [5.41, 5.74) is 6.26. The van der Waals surface area contributed by atoms with E-state index in [2.05, 4.69) is 54.4 Å². The summed E-state index contributed by atoms with van der Waals surface area (Å²) in [6.45, 7) is 8.25. The summed E-state index contributed by atoms with van der Waals surface area (Å²) in [7, 11) is 0. The molecule has 2 atom stereocenters. The summed E-state index contributed by atoms with van der Waals surface area (Å²) >= 11 is 0. The molecule has 124 valence electrons. The van der Waals surface area contributed by atoms with E-state index in [4.69, 9.17) is 0 Å². The fraction of sp³-hybridized carbons (Fsp3) is 0.381. The Balaban J connectivity index is 1.59. The Kier molecular flexibility index (Phi) is 3.89. The maximum Gasteiger partial charge on any atom is 0.251 e. The molecular formula is C21H24N2O. The smallest absolute Gasteiger partial charge is 0.251 e. The van der Waals surface area contributed by atoms with Crippen molar-refractivity contribution in [3.05, 3.63) is 70.3 Å². The molecule has 2 aromatic rings. The molecule has 0 unspecified atom stereocenters. The van der Waals surface area contributed by atoms with Crippen LogP contribution in [0.25, 0.3) is 0 Å². The van der Waals surface area contributed by atoms with Gasteiger partial charge in [-0.05, 0) is 48.1 Å². The highest BCUT2D eigenvalue weighted by atomic mass is 16.1. The largest absolute Gasteiger partial charge is 0.352 e. The third kappa shape index (κ3) is 2.63. The normalized spacial score (nSPS) is 23.3. The highest BCUT2D eigenvalue weighted by molar-refractivity contribution is 5.96. The molecule has 0 spiro atoms. The molecule has 1 saturated heterocycles. The van der Waals surface area contributed by atoms with Gasteiger partial charge in [0.05, 0.1) is 0 Å². The summed E-state index contributed by atoms with van der Waals surface area (Å²) in [4.78, 5) is 14.8. The molecule has 3 nitrogen and oxygen atoms in total. The number of carbonyl (C=O) groups is 1. The second-order valence-electron chi connectivity index (χ2n) is 7.22. The maximum absolute atomic E-state index is 12.3. The molecule has 0 aliphatic carbocycles. The van der Waals surface area contributed by atoms with Crippen molar-refractivity contribution < 1.29 is 4.79 Å². The van der Waals surface area contributed by atoms with E-state index in [1.54, 1.807) is 0 Å². The van der Waals surface area contributed by atoms with E-state index in [0.29, 0.717) is 11.8 Å². The third-order valence-corrected chi connectivity index (χ3v) is 5.76. The number of nitrogens with zero attached hydrogens (tertiary/aromatic N) is 1. The molecular weight excluding hydrogens is 296 g/mol. The first-order chi connectivity index (χ1) is 11.6. The molecule has 2 aromatic carbocycles. The molecule has 0 saturated carbocycles. The summed E-state index contributed by atoms with van der Waals surface area (Å²) < 4.78 is 0. The van der Waals surface area contributed by atoms with Gasteiger partial charge in [0.2, 0.25) is 0 Å². The van der Waals surface area contributed by atoms with Crippen molar-refractivity contribution in [2.75, 3.05) is 19.6 Å². The van der Waals surface area contributed by atoms with Crippen LogP contribution < -0.4 is 5.32 Å². The van der Waals surface area contributed by atoms with Gasteiger partial charge in [0.25, 0.3) is 5.91 Å². The Morgan fingerprint density at radius 3 is 2.79 bits per heavy atom. The van der Waals surface area contributed by atoms with Crippen LogP contribution in [0.1, 0.15) is 38.5 Å². The summed E-state index contributed by atoms with van der Waals surface area (Å²) in [6, 6.07) is 14.7. The zero-order valence-corrected chi connectivity index (χ0v) is 14.4. The van der Waals surface area contributed by atoms with Crippen molar-refractivity contribution in [1.82, 2.24) is 10.2 Å². The van der Waals surface area contributed by atoms with Crippen LogP contribution in [0.5, 0.6) is 0 Å². The zero-order chi connectivity index (χ0) is 16.7. The number of nitrogens with one attached hydrogen (secondary N) is 1. The number of likely N-dealkylation sites (tertiary alicyclic amines) is 1. The molecule has 0 radical (unpaired) electrons. The van der Waals surface area contributed by atoms with Crippen molar-refractivity contribution in [2.45, 2.75) is 26.3 Å². The van der Waals surface area contributed by atoms with E-state index in [9.17, 15) is 4.79 Å². The van der Waals surface area contributed by atoms with Crippen LogP contribution in [0, 0.1) is 19.8 Å². The Labute approximate surface area is 143 Å². The van der Waals surface area contributed by atoms with Crippen molar-refractivity contribution in [2.24, 2.45) is 5.92 Å². The average molecular weight is 320 g/mol. The minimum absolute atomic E-state index is 0.0843. The van der Waals surface area contributed by atoms with Gasteiger partial charge in [0, 0.05) is 37.7 Å². The van der Waals surface area contributed by atoms with Crippen LogP contribution >= 0.6 is 0 Å². The molecule has 2 aliphatic rings. The Bertz CT molecular complexity index is 783. The number of hydrogen-bond acceptors (Lipinski definition) is 2. The molecule has 2 heterocycles. The molecule has 0 bridgehead atoms. The monoisotopic (exact) mass is 320 g/mol. The minimum atomic E-state index is 0.0843. The molecule has 1 N–H and O–H groups in total. The first-order valence-corrected chi connectivity index (χ1v) is 8.78. The molecule has 24 heavy (non-hydrogen) atoms. The van der Waals surface area contributed by atoms with Crippen molar-refractivity contribution in [3.8, 4) is 0 Å². The second kappa shape index (κ2) is 6.06. The predicted octanol–water partition coefficient (Wildman–Crippen LogP) is 3.26. The van der Waals surface area contributed by atoms with Gasteiger partial charge in [-0.1, -0.05) is 36.4 Å². The molecule has 3 heteroatoms. The minimum Gasteiger partial charge on any atom is -0.352 e. The van der Waals surface area contributed by atoms with Crippen LogP contribution in [0.4, 0.5) is 0 Å². The summed E-state index contributed by atoms with van der Waals surface area (Å²) in [6.07, 6.45) is 0. The van der Waals surface area contributed by atoms with Gasteiger partial charge in [-0.25, -0.2) is 0 Å². The van der Waals surface area contributed by atoms with Crippen LogP contribution in [-0.2, 0) is 6.54 Å². The standard InChI is InChI=1S/C21H24N2O/c1-14-6-5-7-16(15(14)2)11-23-12-17-10-22-21(24)19-9-4-3-8-18(19)20(17)13-23/h3-9,17,20H,10-13H2,1-2H3,(H,22,24)/t17-,20-/m0/s1. The summed E-state index contributed by atoms with van der Waals surface area (Å²) in [5, 5.41) is 3.11. The lowest BCUT2D eigenvalue weighted by Crippen LogP contribution is -2.29. The molecule has 2 aliphatic heterocycles. The van der Waals surface area contributed by atoms with E-state index in [1.165, 1.54) is 22.3 Å². The average Bonchev–Trinajstić information content (AvgIpc) is 2.94. The van der Waals surface area contributed by atoms with Crippen LogP contribution in [-0.4, -0.2) is 30.4 Å². The number of hydrogen-bond donors (Lipinski definition) is 1. The zero-order valence-electron chi connectivity index (χ0n) is 14.4. The van der Waals surface area contributed by atoms with Gasteiger partial charge in [-0.3, -0.25) is 9.69 Å². The van der Waals surface area contributed by atoms with E-state index < -0.39 is 0 Å². The number of amides is 1. The van der Waals surface area contributed by atoms with Crippen LogP contribution in [0.3, 0.4) is 0 Å². The van der Waals surface area contributed by atoms with Crippen LogP contribution in [0.2, 0.25) is 0 Å². The van der Waals surface area contributed by atoms with Gasteiger partial charge in [-0.2, -0.15) is 0 Å². The fourth-order valence-electron chi connectivity index (χ4n) is 4.22. The van der Waals surface area contributed by atoms with Gasteiger partial charge in [0.1, 0.15) is 0 Å². The number of rotatable bonds is 2. The molecule has 4 rings (SSSR count). The SMILES string of the molecule is Cc1cccc(CN2C[C@@H]3CNC(=O)c4ccccc4[C@H]3C2)c1C. The quantitative estimate of drug-likeness (QED) is 0.921. The molecule has 1 fully saturated rings. The van der Waals surface area contributed by atoms with Crippen molar-refractivity contribution in [1.29, 1.82) is 0 Å². The second-order valence-corrected chi connectivity index (χ2v) is 7.22. The van der Waals surface area contributed by atoms with Crippen molar-refractivity contribution >= 4 is 5.91 Å². The molecule has 0 aromatic heterocycles. The highest BCUT2D eigenvalue weighted by Crippen LogP contribution is 2.36. The van der Waals surface area contributed by atoms with E-state index in [0.717, 1.165) is 31.7 Å². The Hall–Kier alpha value is -2.13. The van der Waals surface area contributed by atoms with E-state index in [-0.39, 0.29) is 5.91 Å². The van der Waals surface area contributed by atoms with Gasteiger partial charge in [-0.15, -0.1) is 0 Å². The summed E-state index contributed by atoms with van der Waals surface area (Å²) in [5.74, 6) is 1.04. The maximum atomic E-state index is 12.3. The number of aryl methyl sites for hydroxylation is 1. The lowest BCUT2D eigenvalue weighted by Gasteiger charge is -2.19. The third-order valence-electron chi connectivity index (χ3n) is 5.76. The fourth-order valence-corrected chi connectivity index (χ4v) is 4.22. The van der Waals surface area contributed by atoms with Crippen molar-refractivity contribution in [3.63, 3.8) is 0 Å². The Morgan fingerprint density at radius 1 is 1.08 bits per heavy atom. The lowest BCUT2D eigenvalue weighted by atomic mass is 9.87. The number of carbonyl (C=O) groups excluding carboxylic acids is 1. The van der Waals surface area contributed by atoms with Crippen LogP contribution in [0.15, 0.2) is 42.5 Å². The number of fused-ring (bicyclic) bond motifs is 3. The lowest BCUT2D eigenvalue weighted by molar-refractivity contribution is 0.0951. The van der Waals surface area contributed by atoms with Gasteiger partial charge < -0.3 is 5.32 Å². The first-order valence-electron chi connectivity index (χ1n) is 8.78.